The van der Waals surface area contributed by atoms with Gasteiger partial charge in [-0.1, -0.05) is 13.5 Å². The molecule has 64 valence electrons. The highest BCUT2D eigenvalue weighted by Crippen LogP contribution is 2.12. The van der Waals surface area contributed by atoms with Crippen molar-refractivity contribution in [3.05, 3.63) is 12.2 Å². The monoisotopic (exact) mass is 176 g/mol. The van der Waals surface area contributed by atoms with E-state index in [1.165, 1.54) is 11.8 Å². The van der Waals surface area contributed by atoms with Crippen molar-refractivity contribution >= 4 is 17.7 Å². The molecule has 0 aromatic heterocycles. The number of hydrogen-bond donors (Lipinski definition) is 2. The minimum atomic E-state index is -0.970. The molecule has 1 atom stereocenters. The van der Waals surface area contributed by atoms with Crippen LogP contribution in [0, 0.1) is 0 Å². The fourth-order valence-electron chi connectivity index (χ4n) is 0.357. The Morgan fingerprint density at radius 2 is 2.27 bits per heavy atom. The third-order valence-corrected chi connectivity index (χ3v) is 2.33. The number of carbonyl (C=O) groups is 1. The lowest BCUT2D eigenvalue weighted by Crippen LogP contribution is -2.07. The van der Waals surface area contributed by atoms with Gasteiger partial charge in [0.15, 0.2) is 0 Å². The summed E-state index contributed by atoms with van der Waals surface area (Å²) in [6, 6.07) is 0. The van der Waals surface area contributed by atoms with Crippen LogP contribution in [0.3, 0.4) is 0 Å². The van der Waals surface area contributed by atoms with Crippen molar-refractivity contribution in [2.45, 2.75) is 12.2 Å². The van der Waals surface area contributed by atoms with Crippen LogP contribution in [-0.2, 0) is 4.79 Å². The van der Waals surface area contributed by atoms with E-state index >= 15 is 0 Å². The molecule has 0 aliphatic carbocycles. The van der Waals surface area contributed by atoms with E-state index < -0.39 is 5.97 Å². The van der Waals surface area contributed by atoms with Crippen molar-refractivity contribution in [3.63, 3.8) is 0 Å². The smallest absolute Gasteiger partial charge is 0.331 e. The number of hydrogen-bond acceptors (Lipinski definition) is 3. The molecule has 0 spiro atoms. The average Bonchev–Trinajstić information content (AvgIpc) is 1.99. The van der Waals surface area contributed by atoms with Gasteiger partial charge in [-0.3, -0.25) is 0 Å². The Morgan fingerprint density at radius 3 is 2.64 bits per heavy atom. The lowest BCUT2D eigenvalue weighted by Gasteiger charge is -2.06. The standard InChI is InChI=1S/C7H12O3S/c1-5(7(9)10)4-11-6(2)3-8/h6,8H,1,3-4H2,2H3,(H,9,10). The summed E-state index contributed by atoms with van der Waals surface area (Å²) in [6.07, 6.45) is 0. The first kappa shape index (κ1) is 10.5. The molecule has 0 fully saturated rings. The molecule has 4 heteroatoms. The van der Waals surface area contributed by atoms with Gasteiger partial charge in [0.05, 0.1) is 6.61 Å². The summed E-state index contributed by atoms with van der Waals surface area (Å²) in [4.78, 5) is 10.2. The van der Waals surface area contributed by atoms with Crippen LogP contribution in [0.5, 0.6) is 0 Å². The van der Waals surface area contributed by atoms with Crippen LogP contribution in [0.2, 0.25) is 0 Å². The number of aliphatic hydroxyl groups excluding tert-OH is 1. The predicted octanol–water partition coefficient (Wildman–Crippen LogP) is 0.741. The minimum absolute atomic E-state index is 0.0670. The van der Waals surface area contributed by atoms with Crippen LogP contribution in [0.25, 0.3) is 0 Å². The zero-order valence-electron chi connectivity index (χ0n) is 6.41. The van der Waals surface area contributed by atoms with Crippen LogP contribution in [0.4, 0.5) is 0 Å². The molecule has 2 N–H and O–H groups in total. The molecule has 11 heavy (non-hydrogen) atoms. The van der Waals surface area contributed by atoms with E-state index in [-0.39, 0.29) is 17.4 Å². The number of thioether (sulfide) groups is 1. The highest BCUT2D eigenvalue weighted by molar-refractivity contribution is 8.00. The van der Waals surface area contributed by atoms with Crippen LogP contribution in [0.15, 0.2) is 12.2 Å². The predicted molar refractivity (Wildman–Crippen MR) is 45.8 cm³/mol. The van der Waals surface area contributed by atoms with E-state index in [1.807, 2.05) is 6.92 Å². The summed E-state index contributed by atoms with van der Waals surface area (Å²) in [7, 11) is 0. The van der Waals surface area contributed by atoms with Gasteiger partial charge in [0.1, 0.15) is 0 Å². The lowest BCUT2D eigenvalue weighted by atomic mass is 10.4. The maximum absolute atomic E-state index is 10.2. The molecule has 0 aliphatic rings. The molecule has 0 aromatic carbocycles. The van der Waals surface area contributed by atoms with Gasteiger partial charge in [-0.05, 0) is 0 Å². The van der Waals surface area contributed by atoms with E-state index in [0.29, 0.717) is 5.75 Å². The second kappa shape index (κ2) is 5.21. The first-order chi connectivity index (χ1) is 5.07. The van der Waals surface area contributed by atoms with Crippen LogP contribution in [-0.4, -0.2) is 33.8 Å². The van der Waals surface area contributed by atoms with Crippen molar-refractivity contribution in [1.29, 1.82) is 0 Å². The first-order valence-corrected chi connectivity index (χ1v) is 4.26. The van der Waals surface area contributed by atoms with Gasteiger partial charge in [0, 0.05) is 16.6 Å². The summed E-state index contributed by atoms with van der Waals surface area (Å²) >= 11 is 1.38. The van der Waals surface area contributed by atoms with Crippen molar-refractivity contribution in [2.24, 2.45) is 0 Å². The SMILES string of the molecule is C=C(CSC(C)CO)C(=O)O. The Morgan fingerprint density at radius 1 is 1.73 bits per heavy atom. The molecular weight excluding hydrogens is 164 g/mol. The molecule has 0 heterocycles. The van der Waals surface area contributed by atoms with Crippen molar-refractivity contribution in [2.75, 3.05) is 12.4 Å². The summed E-state index contributed by atoms with van der Waals surface area (Å²) in [5.41, 5.74) is 0.176. The summed E-state index contributed by atoms with van der Waals surface area (Å²) in [5, 5.41) is 17.1. The number of carboxylic acids is 1. The van der Waals surface area contributed by atoms with Crippen LogP contribution in [0.1, 0.15) is 6.92 Å². The molecule has 0 bridgehead atoms. The van der Waals surface area contributed by atoms with Gasteiger partial charge in [-0.15, -0.1) is 0 Å². The van der Waals surface area contributed by atoms with Crippen molar-refractivity contribution in [3.8, 4) is 0 Å². The molecule has 0 amide bonds. The molecule has 0 saturated heterocycles. The number of carboxylic acid groups (broad SMARTS) is 1. The van der Waals surface area contributed by atoms with Gasteiger partial charge in [0.25, 0.3) is 0 Å². The van der Waals surface area contributed by atoms with Gasteiger partial charge < -0.3 is 10.2 Å². The second-order valence-electron chi connectivity index (χ2n) is 2.21. The molecule has 1 unspecified atom stereocenters. The Labute approximate surface area is 70.1 Å². The molecule has 0 aliphatic heterocycles. The fraction of sp³-hybridized carbons (Fsp3) is 0.571. The van der Waals surface area contributed by atoms with Gasteiger partial charge in [-0.25, -0.2) is 4.79 Å². The van der Waals surface area contributed by atoms with E-state index in [9.17, 15) is 4.79 Å². The third kappa shape index (κ3) is 4.86. The number of aliphatic carboxylic acids is 1. The molecule has 0 saturated carbocycles. The third-order valence-electron chi connectivity index (χ3n) is 1.10. The minimum Gasteiger partial charge on any atom is -0.478 e. The topological polar surface area (TPSA) is 57.5 Å². The average molecular weight is 176 g/mol. The molecular formula is C7H12O3S. The van der Waals surface area contributed by atoms with Gasteiger partial charge in [0.2, 0.25) is 0 Å². The zero-order chi connectivity index (χ0) is 8.85. The first-order valence-electron chi connectivity index (χ1n) is 3.21. The Bertz CT molecular complexity index is 156. The molecule has 0 rings (SSSR count). The zero-order valence-corrected chi connectivity index (χ0v) is 7.23. The second-order valence-corrected chi connectivity index (χ2v) is 3.64. The Hall–Kier alpha value is -0.480. The largest absolute Gasteiger partial charge is 0.478 e. The highest BCUT2D eigenvalue weighted by Gasteiger charge is 2.06. The van der Waals surface area contributed by atoms with Crippen LogP contribution < -0.4 is 0 Å². The van der Waals surface area contributed by atoms with Gasteiger partial charge in [-0.2, -0.15) is 11.8 Å². The van der Waals surface area contributed by atoms with Crippen molar-refractivity contribution in [1.82, 2.24) is 0 Å². The normalized spacial score (nSPS) is 12.5. The Kier molecular flexibility index (Phi) is 4.98. The number of rotatable bonds is 5. The van der Waals surface area contributed by atoms with E-state index in [1.54, 1.807) is 0 Å². The summed E-state index contributed by atoms with van der Waals surface area (Å²) in [5.74, 6) is -0.598. The van der Waals surface area contributed by atoms with E-state index in [4.69, 9.17) is 10.2 Å². The molecule has 0 aromatic rings. The maximum Gasteiger partial charge on any atom is 0.331 e. The van der Waals surface area contributed by atoms with E-state index in [2.05, 4.69) is 6.58 Å². The van der Waals surface area contributed by atoms with Gasteiger partial charge >= 0.3 is 5.97 Å². The summed E-state index contributed by atoms with van der Waals surface area (Å²) in [6.45, 7) is 5.26. The Balaban J connectivity index is 3.54. The fourth-order valence-corrected chi connectivity index (χ4v) is 1.07. The summed E-state index contributed by atoms with van der Waals surface area (Å²) < 4.78 is 0. The maximum atomic E-state index is 10.2. The quantitative estimate of drug-likeness (QED) is 0.607. The highest BCUT2D eigenvalue weighted by atomic mass is 32.2. The van der Waals surface area contributed by atoms with E-state index in [0.717, 1.165) is 0 Å². The van der Waals surface area contributed by atoms with Crippen LogP contribution >= 0.6 is 11.8 Å². The number of aliphatic hydroxyl groups is 1. The molecule has 0 radical (unpaired) electrons. The lowest BCUT2D eigenvalue weighted by molar-refractivity contribution is -0.132. The molecule has 3 nitrogen and oxygen atoms in total. The van der Waals surface area contributed by atoms with Crippen molar-refractivity contribution < 1.29 is 15.0 Å².